The number of sulfonamides is 1. The van der Waals surface area contributed by atoms with E-state index in [9.17, 15) is 18.0 Å². The minimum absolute atomic E-state index is 0.000769. The van der Waals surface area contributed by atoms with E-state index in [-0.39, 0.29) is 17.3 Å². The summed E-state index contributed by atoms with van der Waals surface area (Å²) in [5.74, 6) is -0.822. The Morgan fingerprint density at radius 1 is 1.00 bits per heavy atom. The third kappa shape index (κ3) is 7.56. The number of nitrogens with one attached hydrogen (secondary N) is 1. The molecule has 0 aliphatic carbocycles. The van der Waals surface area contributed by atoms with Crippen LogP contribution in [0.2, 0.25) is 5.02 Å². The second-order valence-electron chi connectivity index (χ2n) is 8.42. The molecule has 1 N–H and O–H groups in total. The van der Waals surface area contributed by atoms with Crippen molar-refractivity contribution in [2.75, 3.05) is 17.4 Å². The van der Waals surface area contributed by atoms with Crippen molar-refractivity contribution in [3.05, 3.63) is 93.9 Å². The molecule has 0 spiro atoms. The summed E-state index contributed by atoms with van der Waals surface area (Å²) in [4.78, 5) is 28.0. The zero-order valence-corrected chi connectivity index (χ0v) is 23.8. The van der Waals surface area contributed by atoms with E-state index in [1.807, 2.05) is 31.2 Å². The molecule has 10 heteroatoms. The van der Waals surface area contributed by atoms with E-state index < -0.39 is 28.5 Å². The Balaban J connectivity index is 1.99. The van der Waals surface area contributed by atoms with Crippen LogP contribution in [0.25, 0.3) is 0 Å². The van der Waals surface area contributed by atoms with Crippen molar-refractivity contribution < 1.29 is 18.0 Å². The fourth-order valence-electron chi connectivity index (χ4n) is 3.67. The molecule has 3 rings (SSSR count). The first-order valence-electron chi connectivity index (χ1n) is 11.8. The zero-order chi connectivity index (χ0) is 27.0. The van der Waals surface area contributed by atoms with Gasteiger partial charge in [0, 0.05) is 22.6 Å². The van der Waals surface area contributed by atoms with Gasteiger partial charge in [-0.3, -0.25) is 13.9 Å². The van der Waals surface area contributed by atoms with E-state index in [2.05, 4.69) is 21.2 Å². The normalized spacial score (nSPS) is 12.0. The predicted octanol–water partition coefficient (Wildman–Crippen LogP) is 5.24. The van der Waals surface area contributed by atoms with Gasteiger partial charge in [0.15, 0.2) is 0 Å². The van der Waals surface area contributed by atoms with Crippen molar-refractivity contribution in [1.82, 2.24) is 10.2 Å². The average Bonchev–Trinajstić information content (AvgIpc) is 2.89. The van der Waals surface area contributed by atoms with Gasteiger partial charge in [-0.05, 0) is 67.4 Å². The van der Waals surface area contributed by atoms with Crippen LogP contribution in [0.3, 0.4) is 0 Å². The SMILES string of the molecule is CCCNC(=O)[C@H](C)N(Cc1cccc(Br)c1)C(=O)CN(c1ccccc1)S(=O)(=O)c1ccc(Cl)cc1. The monoisotopic (exact) mass is 605 g/mol. The van der Waals surface area contributed by atoms with Crippen molar-refractivity contribution in [3.8, 4) is 0 Å². The summed E-state index contributed by atoms with van der Waals surface area (Å²) in [6, 6.07) is 20.8. The number of amides is 2. The number of benzene rings is 3. The molecule has 3 aromatic carbocycles. The quantitative estimate of drug-likeness (QED) is 0.323. The van der Waals surface area contributed by atoms with Crippen LogP contribution in [-0.4, -0.2) is 44.3 Å². The number of rotatable bonds is 11. The molecule has 0 aliphatic heterocycles. The van der Waals surface area contributed by atoms with Crippen LogP contribution in [0.15, 0.2) is 88.2 Å². The molecule has 3 aromatic rings. The van der Waals surface area contributed by atoms with Crippen LogP contribution in [0.4, 0.5) is 5.69 Å². The number of nitrogens with zero attached hydrogens (tertiary/aromatic N) is 2. The van der Waals surface area contributed by atoms with Gasteiger partial charge in [-0.1, -0.05) is 64.8 Å². The first kappa shape index (κ1) is 28.7. The smallest absolute Gasteiger partial charge is 0.264 e. The van der Waals surface area contributed by atoms with Gasteiger partial charge in [0.2, 0.25) is 11.8 Å². The van der Waals surface area contributed by atoms with Crippen LogP contribution in [0.5, 0.6) is 0 Å². The van der Waals surface area contributed by atoms with Crippen molar-refractivity contribution in [1.29, 1.82) is 0 Å². The molecular weight excluding hydrogens is 578 g/mol. The highest BCUT2D eigenvalue weighted by Crippen LogP contribution is 2.25. The van der Waals surface area contributed by atoms with E-state index in [4.69, 9.17) is 11.6 Å². The first-order chi connectivity index (χ1) is 17.6. The van der Waals surface area contributed by atoms with Gasteiger partial charge in [0.05, 0.1) is 10.6 Å². The van der Waals surface area contributed by atoms with Crippen LogP contribution in [0, 0.1) is 0 Å². The standard InChI is InChI=1S/C27H29BrClN3O4S/c1-3-16-30-27(34)20(2)31(18-21-8-7-9-22(28)17-21)26(33)19-32(24-10-5-4-6-11-24)37(35,36)25-14-12-23(29)13-15-25/h4-15,17,20H,3,16,18-19H2,1-2H3,(H,30,34)/t20-/m0/s1. The lowest BCUT2D eigenvalue weighted by Crippen LogP contribution is -2.51. The lowest BCUT2D eigenvalue weighted by molar-refractivity contribution is -0.139. The highest BCUT2D eigenvalue weighted by molar-refractivity contribution is 9.10. The molecule has 196 valence electrons. The van der Waals surface area contributed by atoms with Crippen molar-refractivity contribution in [2.24, 2.45) is 0 Å². The second-order valence-corrected chi connectivity index (χ2v) is 11.6. The first-order valence-corrected chi connectivity index (χ1v) is 14.4. The summed E-state index contributed by atoms with van der Waals surface area (Å²) in [6.07, 6.45) is 0.749. The van der Waals surface area contributed by atoms with Gasteiger partial charge in [0.25, 0.3) is 10.0 Å². The number of carbonyl (C=O) groups is 2. The number of hydrogen-bond acceptors (Lipinski definition) is 4. The molecule has 2 amide bonds. The minimum Gasteiger partial charge on any atom is -0.354 e. The number of hydrogen-bond donors (Lipinski definition) is 1. The lowest BCUT2D eigenvalue weighted by atomic mass is 10.1. The molecule has 37 heavy (non-hydrogen) atoms. The molecule has 0 saturated heterocycles. The predicted molar refractivity (Wildman–Crippen MR) is 150 cm³/mol. The third-order valence-corrected chi connectivity index (χ3v) is 8.22. The van der Waals surface area contributed by atoms with Gasteiger partial charge >= 0.3 is 0 Å². The summed E-state index contributed by atoms with van der Waals surface area (Å²) in [5, 5.41) is 3.22. The number of halogens is 2. The maximum absolute atomic E-state index is 13.8. The number of anilines is 1. The fraction of sp³-hybridized carbons (Fsp3) is 0.259. The molecule has 0 aliphatic rings. The Labute approximate surface area is 231 Å². The van der Waals surface area contributed by atoms with Crippen molar-refractivity contribution in [2.45, 2.75) is 37.8 Å². The van der Waals surface area contributed by atoms with Gasteiger partial charge in [-0.25, -0.2) is 8.42 Å². The Hall–Kier alpha value is -2.88. The Bertz CT molecular complexity index is 1320. The summed E-state index contributed by atoms with van der Waals surface area (Å²) < 4.78 is 29.2. The number of carbonyl (C=O) groups excluding carboxylic acids is 2. The van der Waals surface area contributed by atoms with Gasteiger partial charge < -0.3 is 10.2 Å². The lowest BCUT2D eigenvalue weighted by Gasteiger charge is -2.32. The molecule has 0 unspecified atom stereocenters. The Morgan fingerprint density at radius 3 is 2.30 bits per heavy atom. The molecule has 0 radical (unpaired) electrons. The van der Waals surface area contributed by atoms with Crippen LogP contribution in [-0.2, 0) is 26.2 Å². The van der Waals surface area contributed by atoms with Crippen molar-refractivity contribution in [3.63, 3.8) is 0 Å². The van der Waals surface area contributed by atoms with E-state index in [1.165, 1.54) is 29.2 Å². The second kappa shape index (κ2) is 13.1. The largest absolute Gasteiger partial charge is 0.354 e. The van der Waals surface area contributed by atoms with E-state index in [0.29, 0.717) is 17.3 Å². The van der Waals surface area contributed by atoms with Gasteiger partial charge in [0.1, 0.15) is 12.6 Å². The molecule has 0 heterocycles. The van der Waals surface area contributed by atoms with Crippen molar-refractivity contribution >= 4 is 55.1 Å². The maximum atomic E-state index is 13.8. The molecular formula is C27H29BrClN3O4S. The molecule has 0 bridgehead atoms. The van der Waals surface area contributed by atoms with E-state index in [0.717, 1.165) is 20.8 Å². The molecule has 1 atom stereocenters. The summed E-state index contributed by atoms with van der Waals surface area (Å²) in [5.41, 5.74) is 1.13. The molecule has 0 aromatic heterocycles. The summed E-state index contributed by atoms with van der Waals surface area (Å²) in [7, 11) is -4.12. The third-order valence-electron chi connectivity index (χ3n) is 5.68. The molecule has 7 nitrogen and oxygen atoms in total. The minimum atomic E-state index is -4.12. The van der Waals surface area contributed by atoms with Crippen LogP contribution >= 0.6 is 27.5 Å². The highest BCUT2D eigenvalue weighted by atomic mass is 79.9. The van der Waals surface area contributed by atoms with Crippen LogP contribution < -0.4 is 9.62 Å². The average molecular weight is 607 g/mol. The van der Waals surface area contributed by atoms with Crippen LogP contribution in [0.1, 0.15) is 25.8 Å². The highest BCUT2D eigenvalue weighted by Gasteiger charge is 2.32. The van der Waals surface area contributed by atoms with E-state index in [1.54, 1.807) is 37.3 Å². The summed E-state index contributed by atoms with van der Waals surface area (Å²) >= 11 is 9.40. The topological polar surface area (TPSA) is 86.8 Å². The molecule has 0 saturated carbocycles. The zero-order valence-electron chi connectivity index (χ0n) is 20.6. The maximum Gasteiger partial charge on any atom is 0.264 e. The number of para-hydroxylation sites is 1. The van der Waals surface area contributed by atoms with Gasteiger partial charge in [-0.15, -0.1) is 0 Å². The Morgan fingerprint density at radius 2 is 1.68 bits per heavy atom. The molecule has 0 fully saturated rings. The van der Waals surface area contributed by atoms with E-state index >= 15 is 0 Å². The van der Waals surface area contributed by atoms with Gasteiger partial charge in [-0.2, -0.15) is 0 Å². The Kier molecular flexibility index (Phi) is 10.1. The summed E-state index contributed by atoms with van der Waals surface area (Å²) in [6.45, 7) is 3.69. The fourth-order valence-corrected chi connectivity index (χ4v) is 5.65.